The predicted molar refractivity (Wildman–Crippen MR) is 110 cm³/mol. The van der Waals surface area contributed by atoms with Crippen LogP contribution in [-0.2, 0) is 9.59 Å². The summed E-state index contributed by atoms with van der Waals surface area (Å²) < 4.78 is 0. The van der Waals surface area contributed by atoms with Crippen LogP contribution in [0.4, 0.5) is 5.69 Å². The third-order valence-electron chi connectivity index (χ3n) is 4.87. The minimum Gasteiger partial charge on any atom is -0.350 e. The molecule has 1 aromatic rings. The van der Waals surface area contributed by atoms with Crippen molar-refractivity contribution >= 4 is 23.2 Å². The van der Waals surface area contributed by atoms with Gasteiger partial charge in [0, 0.05) is 38.0 Å². The molecular weight excluding hydrogens is 340 g/mol. The molecule has 6 heteroatoms. The Morgan fingerprint density at radius 1 is 1.19 bits per heavy atom. The standard InChI is InChI=1S/C21H32N4O2/c1-14(2)24(15(3)4)12-11-22-21(27)18-9-10-20(26)25(23-18)19-13-16(5)7-8-17(19)6/h7-8,13-15H,9-12H2,1-6H3,(H,22,27). The van der Waals surface area contributed by atoms with Crippen molar-refractivity contribution in [2.45, 2.75) is 66.5 Å². The topological polar surface area (TPSA) is 65.0 Å². The number of anilines is 1. The number of carbonyl (C=O) groups is 2. The third kappa shape index (κ3) is 5.39. The summed E-state index contributed by atoms with van der Waals surface area (Å²) in [6.45, 7) is 13.9. The quantitative estimate of drug-likeness (QED) is 0.800. The number of hydrogen-bond donors (Lipinski definition) is 1. The molecule has 0 aromatic heterocycles. The first-order valence-electron chi connectivity index (χ1n) is 9.72. The second kappa shape index (κ2) is 9.13. The first kappa shape index (κ1) is 21.1. The van der Waals surface area contributed by atoms with Crippen molar-refractivity contribution in [3.63, 3.8) is 0 Å². The second-order valence-corrected chi connectivity index (χ2v) is 7.72. The first-order chi connectivity index (χ1) is 12.7. The molecule has 0 bridgehead atoms. The van der Waals surface area contributed by atoms with E-state index in [-0.39, 0.29) is 11.8 Å². The lowest BCUT2D eigenvalue weighted by Crippen LogP contribution is -2.45. The van der Waals surface area contributed by atoms with Crippen LogP contribution in [-0.4, -0.2) is 47.6 Å². The van der Waals surface area contributed by atoms with Crippen LogP contribution in [0.2, 0.25) is 0 Å². The van der Waals surface area contributed by atoms with Gasteiger partial charge in [-0.1, -0.05) is 12.1 Å². The predicted octanol–water partition coefficient (Wildman–Crippen LogP) is 3.02. The van der Waals surface area contributed by atoms with Crippen LogP contribution >= 0.6 is 0 Å². The van der Waals surface area contributed by atoms with Gasteiger partial charge in [-0.2, -0.15) is 5.10 Å². The molecule has 27 heavy (non-hydrogen) atoms. The SMILES string of the molecule is Cc1ccc(C)c(N2N=C(C(=O)NCCN(C(C)C)C(C)C)CCC2=O)c1. The van der Waals surface area contributed by atoms with Crippen LogP contribution in [0.15, 0.2) is 23.3 Å². The van der Waals surface area contributed by atoms with Crippen molar-refractivity contribution in [3.05, 3.63) is 29.3 Å². The van der Waals surface area contributed by atoms with E-state index in [4.69, 9.17) is 0 Å². The summed E-state index contributed by atoms with van der Waals surface area (Å²) in [5.41, 5.74) is 3.17. The fourth-order valence-corrected chi connectivity index (χ4v) is 3.37. The molecule has 1 heterocycles. The van der Waals surface area contributed by atoms with Crippen LogP contribution in [0.3, 0.4) is 0 Å². The smallest absolute Gasteiger partial charge is 0.267 e. The van der Waals surface area contributed by atoms with Crippen LogP contribution in [0, 0.1) is 13.8 Å². The summed E-state index contributed by atoms with van der Waals surface area (Å²) in [5, 5.41) is 8.72. The minimum atomic E-state index is -0.190. The summed E-state index contributed by atoms with van der Waals surface area (Å²) in [6, 6.07) is 6.74. The summed E-state index contributed by atoms with van der Waals surface area (Å²) in [6.07, 6.45) is 0.674. The lowest BCUT2D eigenvalue weighted by Gasteiger charge is -2.30. The Morgan fingerprint density at radius 2 is 1.85 bits per heavy atom. The summed E-state index contributed by atoms with van der Waals surface area (Å²) in [7, 11) is 0. The maximum Gasteiger partial charge on any atom is 0.267 e. The highest BCUT2D eigenvalue weighted by Crippen LogP contribution is 2.25. The molecule has 0 spiro atoms. The molecule has 2 rings (SSSR count). The van der Waals surface area contributed by atoms with Gasteiger partial charge in [0.2, 0.25) is 5.91 Å². The van der Waals surface area contributed by atoms with Crippen molar-refractivity contribution in [2.75, 3.05) is 18.1 Å². The molecule has 1 aliphatic rings. The molecule has 1 aliphatic heterocycles. The molecule has 0 saturated carbocycles. The lowest BCUT2D eigenvalue weighted by atomic mass is 10.1. The van der Waals surface area contributed by atoms with E-state index >= 15 is 0 Å². The van der Waals surface area contributed by atoms with E-state index in [9.17, 15) is 9.59 Å². The van der Waals surface area contributed by atoms with Gasteiger partial charge in [0.15, 0.2) is 0 Å². The number of hydrazone groups is 1. The van der Waals surface area contributed by atoms with Crippen molar-refractivity contribution in [1.82, 2.24) is 10.2 Å². The average Bonchev–Trinajstić information content (AvgIpc) is 2.60. The zero-order valence-electron chi connectivity index (χ0n) is 17.4. The summed E-state index contributed by atoms with van der Waals surface area (Å²) in [5.74, 6) is -0.267. The van der Waals surface area contributed by atoms with Crippen LogP contribution in [0.5, 0.6) is 0 Å². The summed E-state index contributed by atoms with van der Waals surface area (Å²) in [4.78, 5) is 27.2. The lowest BCUT2D eigenvalue weighted by molar-refractivity contribution is -0.119. The second-order valence-electron chi connectivity index (χ2n) is 7.72. The fraction of sp³-hybridized carbons (Fsp3) is 0.571. The molecule has 0 radical (unpaired) electrons. The molecule has 6 nitrogen and oxygen atoms in total. The fourth-order valence-electron chi connectivity index (χ4n) is 3.37. The van der Waals surface area contributed by atoms with Crippen LogP contribution < -0.4 is 10.3 Å². The Bertz CT molecular complexity index is 717. The molecule has 148 valence electrons. The minimum absolute atomic E-state index is 0.0777. The van der Waals surface area contributed by atoms with E-state index in [1.807, 2.05) is 32.0 Å². The van der Waals surface area contributed by atoms with E-state index < -0.39 is 0 Å². The van der Waals surface area contributed by atoms with Gasteiger partial charge in [-0.15, -0.1) is 0 Å². The average molecular weight is 373 g/mol. The number of amides is 2. The van der Waals surface area contributed by atoms with Crippen molar-refractivity contribution in [3.8, 4) is 0 Å². The molecule has 1 aromatic carbocycles. The maximum absolute atomic E-state index is 12.6. The third-order valence-corrected chi connectivity index (χ3v) is 4.87. The number of rotatable bonds is 7. The van der Waals surface area contributed by atoms with Gasteiger partial charge in [0.05, 0.1) is 5.69 Å². The highest BCUT2D eigenvalue weighted by atomic mass is 16.2. The number of benzene rings is 1. The van der Waals surface area contributed by atoms with Gasteiger partial charge >= 0.3 is 0 Å². The van der Waals surface area contributed by atoms with Gasteiger partial charge in [-0.05, 0) is 58.7 Å². The number of carbonyl (C=O) groups excluding carboxylic acids is 2. The van der Waals surface area contributed by atoms with Crippen LogP contribution in [0.1, 0.15) is 51.7 Å². The van der Waals surface area contributed by atoms with Gasteiger partial charge in [-0.25, -0.2) is 5.01 Å². The van der Waals surface area contributed by atoms with E-state index in [2.05, 4.69) is 43.0 Å². The molecule has 0 atom stereocenters. The molecule has 0 aliphatic carbocycles. The van der Waals surface area contributed by atoms with Gasteiger partial charge in [0.25, 0.3) is 5.91 Å². The van der Waals surface area contributed by atoms with Gasteiger partial charge < -0.3 is 5.32 Å². The first-order valence-corrected chi connectivity index (χ1v) is 9.72. The molecule has 2 amide bonds. The molecule has 0 fully saturated rings. The Labute approximate surface area is 162 Å². The zero-order chi connectivity index (χ0) is 20.1. The van der Waals surface area contributed by atoms with E-state index in [0.29, 0.717) is 37.2 Å². The largest absolute Gasteiger partial charge is 0.350 e. The Hall–Kier alpha value is -2.21. The highest BCUT2D eigenvalue weighted by molar-refractivity contribution is 6.40. The van der Waals surface area contributed by atoms with E-state index in [0.717, 1.165) is 23.4 Å². The van der Waals surface area contributed by atoms with Gasteiger partial charge in [0.1, 0.15) is 5.71 Å². The number of nitrogens with one attached hydrogen (secondary N) is 1. The molecule has 0 saturated heterocycles. The van der Waals surface area contributed by atoms with E-state index in [1.54, 1.807) is 0 Å². The normalized spacial score (nSPS) is 14.9. The Balaban J connectivity index is 2.07. The van der Waals surface area contributed by atoms with Gasteiger partial charge in [-0.3, -0.25) is 14.5 Å². The number of nitrogens with zero attached hydrogens (tertiary/aromatic N) is 3. The monoisotopic (exact) mass is 372 g/mol. The van der Waals surface area contributed by atoms with Crippen molar-refractivity contribution in [2.24, 2.45) is 5.10 Å². The Morgan fingerprint density at radius 3 is 2.48 bits per heavy atom. The number of aryl methyl sites for hydroxylation is 2. The van der Waals surface area contributed by atoms with Crippen LogP contribution in [0.25, 0.3) is 0 Å². The highest BCUT2D eigenvalue weighted by Gasteiger charge is 2.26. The maximum atomic E-state index is 12.6. The zero-order valence-corrected chi connectivity index (χ0v) is 17.4. The number of hydrogen-bond acceptors (Lipinski definition) is 4. The summed E-state index contributed by atoms with van der Waals surface area (Å²) >= 11 is 0. The van der Waals surface area contributed by atoms with Crippen molar-refractivity contribution in [1.29, 1.82) is 0 Å². The van der Waals surface area contributed by atoms with E-state index in [1.165, 1.54) is 5.01 Å². The van der Waals surface area contributed by atoms with Crippen molar-refractivity contribution < 1.29 is 9.59 Å². The molecular formula is C21H32N4O2. The molecule has 1 N–H and O–H groups in total. The molecule has 0 unspecified atom stereocenters. The Kier molecular flexibility index (Phi) is 7.13.